The highest BCUT2D eigenvalue weighted by atomic mass is 16.5. The summed E-state index contributed by atoms with van der Waals surface area (Å²) in [5.41, 5.74) is 1.95. The van der Waals surface area contributed by atoms with Crippen LogP contribution in [0.3, 0.4) is 0 Å². The van der Waals surface area contributed by atoms with Crippen molar-refractivity contribution in [2.24, 2.45) is 0 Å². The Morgan fingerprint density at radius 2 is 1.81 bits per heavy atom. The van der Waals surface area contributed by atoms with Crippen LogP contribution in [0.4, 0.5) is 0 Å². The Morgan fingerprint density at radius 3 is 2.70 bits per heavy atom. The largest absolute Gasteiger partial charge is 0.430 e. The van der Waals surface area contributed by atoms with Crippen molar-refractivity contribution in [1.82, 2.24) is 4.90 Å². The summed E-state index contributed by atoms with van der Waals surface area (Å²) >= 11 is 0. The Morgan fingerprint density at radius 1 is 1.04 bits per heavy atom. The normalized spacial score (nSPS) is 21.6. The predicted molar refractivity (Wildman–Crippen MR) is 101 cm³/mol. The van der Waals surface area contributed by atoms with Crippen molar-refractivity contribution in [1.29, 1.82) is 0 Å². The van der Waals surface area contributed by atoms with Crippen molar-refractivity contribution in [3.8, 4) is 0 Å². The van der Waals surface area contributed by atoms with Crippen LogP contribution in [0, 0.1) is 0 Å². The van der Waals surface area contributed by atoms with Gasteiger partial charge in [0.25, 0.3) is 5.91 Å². The first-order valence-electron chi connectivity index (χ1n) is 9.20. The van der Waals surface area contributed by atoms with Crippen molar-refractivity contribution in [3.63, 3.8) is 0 Å². The van der Waals surface area contributed by atoms with E-state index in [1.807, 2.05) is 23.1 Å². The molecule has 5 rings (SSSR count). The standard InChI is InChI=1S/C22H19NO4/c24-20(18-13-26-21(25)17-8-3-2-7-16(17)18)23-11-5-10-22(14-23)19-9-4-1-6-15(19)12-27-22/h1-4,6-9,13H,5,10-12,14H2. The Labute approximate surface area is 156 Å². The van der Waals surface area contributed by atoms with Gasteiger partial charge in [-0.05, 0) is 30.0 Å². The van der Waals surface area contributed by atoms with Gasteiger partial charge >= 0.3 is 5.63 Å². The molecule has 1 unspecified atom stereocenters. The lowest BCUT2D eigenvalue weighted by Crippen LogP contribution is -2.48. The second-order valence-electron chi connectivity index (χ2n) is 7.25. The van der Waals surface area contributed by atoms with Crippen LogP contribution < -0.4 is 5.63 Å². The number of ether oxygens (including phenoxy) is 1. The number of fused-ring (bicyclic) bond motifs is 3. The number of benzene rings is 2. The van der Waals surface area contributed by atoms with Gasteiger partial charge in [-0.3, -0.25) is 4.79 Å². The van der Waals surface area contributed by atoms with Crippen LogP contribution in [-0.4, -0.2) is 23.9 Å². The molecule has 2 aromatic carbocycles. The summed E-state index contributed by atoms with van der Waals surface area (Å²) in [5, 5.41) is 1.06. The van der Waals surface area contributed by atoms with Crippen molar-refractivity contribution in [2.75, 3.05) is 13.1 Å². The second kappa shape index (κ2) is 6.06. The average molecular weight is 361 g/mol. The third-order valence-electron chi connectivity index (χ3n) is 5.71. The van der Waals surface area contributed by atoms with Gasteiger partial charge in [0.1, 0.15) is 11.9 Å². The second-order valence-corrected chi connectivity index (χ2v) is 7.25. The lowest BCUT2D eigenvalue weighted by molar-refractivity contribution is -0.0785. The maximum Gasteiger partial charge on any atom is 0.343 e. The highest BCUT2D eigenvalue weighted by molar-refractivity contribution is 6.06. The molecule has 5 nitrogen and oxygen atoms in total. The first-order chi connectivity index (χ1) is 13.2. The van der Waals surface area contributed by atoms with Crippen LogP contribution in [0.15, 0.2) is 64.0 Å². The summed E-state index contributed by atoms with van der Waals surface area (Å²) in [4.78, 5) is 27.1. The fourth-order valence-electron chi connectivity index (χ4n) is 4.39. The van der Waals surface area contributed by atoms with E-state index in [-0.39, 0.29) is 5.91 Å². The Balaban J connectivity index is 1.52. The SMILES string of the molecule is O=C(c1coc(=O)c2ccccc12)N1CCCC2(C1)OCc1ccccc12. The molecule has 0 radical (unpaired) electrons. The fraction of sp³-hybridized carbons (Fsp3) is 0.273. The molecule has 1 fully saturated rings. The van der Waals surface area contributed by atoms with Crippen molar-refractivity contribution >= 4 is 16.7 Å². The molecule has 136 valence electrons. The predicted octanol–water partition coefficient (Wildman–Crippen LogP) is 3.45. The third kappa shape index (κ3) is 2.50. The molecule has 5 heteroatoms. The quantitative estimate of drug-likeness (QED) is 0.666. The minimum Gasteiger partial charge on any atom is -0.430 e. The maximum atomic E-state index is 13.3. The summed E-state index contributed by atoms with van der Waals surface area (Å²) in [7, 11) is 0. The Bertz CT molecular complexity index is 1100. The van der Waals surface area contributed by atoms with Gasteiger partial charge in [0, 0.05) is 11.9 Å². The van der Waals surface area contributed by atoms with Crippen LogP contribution in [0.1, 0.15) is 34.3 Å². The van der Waals surface area contributed by atoms with Gasteiger partial charge in [-0.1, -0.05) is 42.5 Å². The summed E-state index contributed by atoms with van der Waals surface area (Å²) < 4.78 is 11.3. The van der Waals surface area contributed by atoms with Crippen LogP contribution in [-0.2, 0) is 16.9 Å². The van der Waals surface area contributed by atoms with E-state index in [1.54, 1.807) is 18.2 Å². The van der Waals surface area contributed by atoms with E-state index in [9.17, 15) is 9.59 Å². The lowest BCUT2D eigenvalue weighted by Gasteiger charge is -2.40. The number of nitrogens with zero attached hydrogens (tertiary/aromatic N) is 1. The first-order valence-corrected chi connectivity index (χ1v) is 9.20. The monoisotopic (exact) mass is 361 g/mol. The molecular formula is C22H19NO4. The summed E-state index contributed by atoms with van der Waals surface area (Å²) in [6.07, 6.45) is 3.06. The molecule has 1 spiro atoms. The number of carbonyl (C=O) groups excluding carboxylic acids is 1. The van der Waals surface area contributed by atoms with Gasteiger partial charge in [0.05, 0.1) is 24.1 Å². The zero-order chi connectivity index (χ0) is 18.4. The molecule has 0 N–H and O–H groups in total. The highest BCUT2D eigenvalue weighted by Gasteiger charge is 2.44. The fourth-order valence-corrected chi connectivity index (χ4v) is 4.39. The maximum absolute atomic E-state index is 13.3. The number of rotatable bonds is 1. The number of piperidine rings is 1. The Hall–Kier alpha value is -2.92. The van der Waals surface area contributed by atoms with Crippen LogP contribution in [0.25, 0.3) is 10.8 Å². The van der Waals surface area contributed by atoms with E-state index < -0.39 is 11.2 Å². The van der Waals surface area contributed by atoms with Gasteiger partial charge < -0.3 is 14.1 Å². The molecule has 2 aliphatic heterocycles. The van der Waals surface area contributed by atoms with Crippen LogP contribution >= 0.6 is 0 Å². The van der Waals surface area contributed by atoms with E-state index in [2.05, 4.69) is 12.1 Å². The molecule has 2 aliphatic rings. The van der Waals surface area contributed by atoms with E-state index >= 15 is 0 Å². The van der Waals surface area contributed by atoms with E-state index in [1.165, 1.54) is 17.4 Å². The van der Waals surface area contributed by atoms with Gasteiger partial charge in [-0.25, -0.2) is 4.79 Å². The van der Waals surface area contributed by atoms with E-state index in [0.29, 0.717) is 36.0 Å². The minimum atomic E-state index is -0.435. The molecule has 1 atom stereocenters. The zero-order valence-corrected chi connectivity index (χ0v) is 14.8. The minimum absolute atomic E-state index is 0.123. The molecule has 1 saturated heterocycles. The summed E-state index contributed by atoms with van der Waals surface area (Å²) in [6, 6.07) is 15.3. The number of carbonyl (C=O) groups is 1. The first kappa shape index (κ1) is 16.3. The van der Waals surface area contributed by atoms with E-state index in [4.69, 9.17) is 9.15 Å². The molecule has 27 heavy (non-hydrogen) atoms. The average Bonchev–Trinajstić information content (AvgIpc) is 3.06. The molecule has 1 aromatic heterocycles. The highest BCUT2D eigenvalue weighted by Crippen LogP contribution is 2.43. The number of likely N-dealkylation sites (tertiary alicyclic amines) is 1. The molecule has 0 aliphatic carbocycles. The van der Waals surface area contributed by atoms with Gasteiger partial charge in [-0.15, -0.1) is 0 Å². The smallest absolute Gasteiger partial charge is 0.343 e. The molecule has 0 saturated carbocycles. The topological polar surface area (TPSA) is 59.8 Å². The number of hydrogen-bond acceptors (Lipinski definition) is 4. The van der Waals surface area contributed by atoms with E-state index in [0.717, 1.165) is 12.8 Å². The third-order valence-corrected chi connectivity index (χ3v) is 5.71. The van der Waals surface area contributed by atoms with Crippen molar-refractivity contribution < 1.29 is 13.9 Å². The van der Waals surface area contributed by atoms with Gasteiger partial charge in [0.2, 0.25) is 0 Å². The number of amides is 1. The van der Waals surface area contributed by atoms with Gasteiger partial charge in [0.15, 0.2) is 0 Å². The molecule has 3 aromatic rings. The Kier molecular flexibility index (Phi) is 3.65. The van der Waals surface area contributed by atoms with Crippen LogP contribution in [0.2, 0.25) is 0 Å². The lowest BCUT2D eigenvalue weighted by atomic mass is 9.85. The summed E-state index contributed by atoms with van der Waals surface area (Å²) in [5.74, 6) is -0.123. The van der Waals surface area contributed by atoms with Crippen LogP contribution in [0.5, 0.6) is 0 Å². The molecular weight excluding hydrogens is 342 g/mol. The summed E-state index contributed by atoms with van der Waals surface area (Å²) in [6.45, 7) is 1.76. The van der Waals surface area contributed by atoms with Crippen molar-refractivity contribution in [2.45, 2.75) is 25.0 Å². The van der Waals surface area contributed by atoms with Crippen molar-refractivity contribution in [3.05, 3.63) is 81.9 Å². The molecule has 3 heterocycles. The van der Waals surface area contributed by atoms with Gasteiger partial charge in [-0.2, -0.15) is 0 Å². The molecule has 1 amide bonds. The zero-order valence-electron chi connectivity index (χ0n) is 14.8. The number of hydrogen-bond donors (Lipinski definition) is 0. The molecule has 0 bridgehead atoms.